The Morgan fingerprint density at radius 2 is 1.85 bits per heavy atom. The lowest BCUT2D eigenvalue weighted by molar-refractivity contribution is 0.102. The summed E-state index contributed by atoms with van der Waals surface area (Å²) < 4.78 is 40.7. The van der Waals surface area contributed by atoms with Gasteiger partial charge in [-0.2, -0.15) is 13.5 Å². The van der Waals surface area contributed by atoms with Gasteiger partial charge in [-0.25, -0.2) is 4.39 Å². The highest BCUT2D eigenvalue weighted by molar-refractivity contribution is 7.92. The molecule has 1 heterocycles. The summed E-state index contributed by atoms with van der Waals surface area (Å²) in [6.45, 7) is 1.88. The summed E-state index contributed by atoms with van der Waals surface area (Å²) in [4.78, 5) is 12.4. The molecule has 0 aliphatic carbocycles. The number of sulfonamides is 1. The van der Waals surface area contributed by atoms with Gasteiger partial charge >= 0.3 is 0 Å². The summed E-state index contributed by atoms with van der Waals surface area (Å²) in [5.74, 6) is -1.25. The van der Waals surface area contributed by atoms with Crippen molar-refractivity contribution >= 4 is 27.3 Å². The van der Waals surface area contributed by atoms with Crippen molar-refractivity contribution in [3.8, 4) is 0 Å². The molecular formula is C17H15FN4O3S. The van der Waals surface area contributed by atoms with Crippen LogP contribution in [0.2, 0.25) is 0 Å². The van der Waals surface area contributed by atoms with Gasteiger partial charge in [0.05, 0.1) is 11.8 Å². The summed E-state index contributed by atoms with van der Waals surface area (Å²) in [5.41, 5.74) is 1.34. The number of halogens is 1. The molecule has 9 heteroatoms. The number of nitrogens with one attached hydrogen (secondary N) is 3. The van der Waals surface area contributed by atoms with Crippen molar-refractivity contribution < 1.29 is 17.6 Å². The van der Waals surface area contributed by atoms with Crippen LogP contribution < -0.4 is 10.0 Å². The number of aromatic amines is 1. The molecule has 3 aromatic rings. The predicted octanol–water partition coefficient (Wildman–Crippen LogP) is 2.91. The van der Waals surface area contributed by atoms with Crippen LogP contribution in [-0.4, -0.2) is 24.5 Å². The fourth-order valence-corrected chi connectivity index (χ4v) is 3.39. The number of aromatic nitrogens is 2. The van der Waals surface area contributed by atoms with Crippen molar-refractivity contribution in [1.82, 2.24) is 10.2 Å². The first kappa shape index (κ1) is 17.6. The molecule has 0 saturated heterocycles. The number of hydrogen-bond acceptors (Lipinski definition) is 4. The van der Waals surface area contributed by atoms with Crippen LogP contribution in [0.5, 0.6) is 0 Å². The van der Waals surface area contributed by atoms with Crippen molar-refractivity contribution in [3.63, 3.8) is 0 Å². The van der Waals surface area contributed by atoms with Gasteiger partial charge in [0.15, 0.2) is 5.03 Å². The first-order valence-corrected chi connectivity index (χ1v) is 9.03. The zero-order valence-corrected chi connectivity index (χ0v) is 14.5. The third kappa shape index (κ3) is 3.89. The average molecular weight is 374 g/mol. The van der Waals surface area contributed by atoms with Crippen molar-refractivity contribution in [2.45, 2.75) is 11.9 Å². The van der Waals surface area contributed by atoms with Crippen molar-refractivity contribution in [1.29, 1.82) is 0 Å². The Kier molecular flexibility index (Phi) is 4.72. The van der Waals surface area contributed by atoms with E-state index in [1.807, 2.05) is 6.92 Å². The van der Waals surface area contributed by atoms with E-state index in [-0.39, 0.29) is 16.3 Å². The molecule has 0 aliphatic heterocycles. The third-order valence-corrected chi connectivity index (χ3v) is 4.86. The predicted molar refractivity (Wildman–Crippen MR) is 94.9 cm³/mol. The number of benzene rings is 2. The summed E-state index contributed by atoms with van der Waals surface area (Å²) in [5, 5.41) is 8.02. The van der Waals surface area contributed by atoms with E-state index in [0.29, 0.717) is 5.69 Å². The summed E-state index contributed by atoms with van der Waals surface area (Å²) in [6, 6.07) is 12.0. The first-order chi connectivity index (χ1) is 12.3. The Labute approximate surface area is 149 Å². The number of rotatable bonds is 5. The Hall–Kier alpha value is -3.20. The molecule has 0 aliphatic rings. The molecule has 0 radical (unpaired) electrons. The zero-order valence-electron chi connectivity index (χ0n) is 13.7. The molecule has 0 atom stereocenters. The lowest BCUT2D eigenvalue weighted by Crippen LogP contribution is -2.19. The Balaban J connectivity index is 1.84. The number of nitrogens with zero attached hydrogens (tertiary/aromatic N) is 1. The van der Waals surface area contributed by atoms with Crippen molar-refractivity contribution in [2.24, 2.45) is 0 Å². The van der Waals surface area contributed by atoms with E-state index in [1.54, 1.807) is 24.3 Å². The molecule has 7 nitrogen and oxygen atoms in total. The maximum atomic E-state index is 13.2. The van der Waals surface area contributed by atoms with E-state index in [2.05, 4.69) is 20.2 Å². The van der Waals surface area contributed by atoms with Gasteiger partial charge in [0, 0.05) is 11.4 Å². The highest BCUT2D eigenvalue weighted by atomic mass is 32.2. The molecule has 0 spiro atoms. The topological polar surface area (TPSA) is 104 Å². The summed E-state index contributed by atoms with van der Waals surface area (Å²) >= 11 is 0. The number of anilines is 2. The number of carbonyl (C=O) groups is 1. The second kappa shape index (κ2) is 6.96. The van der Waals surface area contributed by atoms with Crippen LogP contribution in [0.4, 0.5) is 15.8 Å². The van der Waals surface area contributed by atoms with Gasteiger partial charge in [-0.1, -0.05) is 23.8 Å². The molecule has 3 N–H and O–H groups in total. The molecule has 3 rings (SSSR count). The van der Waals surface area contributed by atoms with E-state index in [9.17, 15) is 17.6 Å². The molecule has 26 heavy (non-hydrogen) atoms. The molecule has 0 bridgehead atoms. The third-order valence-electron chi connectivity index (χ3n) is 3.50. The van der Waals surface area contributed by atoms with Gasteiger partial charge in [0.1, 0.15) is 5.82 Å². The molecular weight excluding hydrogens is 359 g/mol. The van der Waals surface area contributed by atoms with E-state index in [0.717, 1.165) is 17.8 Å². The zero-order chi connectivity index (χ0) is 18.7. The summed E-state index contributed by atoms with van der Waals surface area (Å²) in [6.07, 6.45) is 1.10. The molecule has 0 fully saturated rings. The molecule has 1 amide bonds. The highest BCUT2D eigenvalue weighted by Gasteiger charge is 2.25. The average Bonchev–Trinajstić information content (AvgIpc) is 3.08. The minimum absolute atomic E-state index is 0.186. The Morgan fingerprint density at radius 3 is 2.54 bits per heavy atom. The fourth-order valence-electron chi connectivity index (χ4n) is 2.23. The lowest BCUT2D eigenvalue weighted by Gasteiger charge is -2.09. The standard InChI is InChI=1S/C17H15FN4O3S/c1-11-5-7-13(8-6-11)22-26(24,25)17-15(10-19-21-17)16(23)20-14-4-2-3-12(18)9-14/h2-10,22H,1H3,(H,19,21)(H,20,23). The van der Waals surface area contributed by atoms with Crippen LogP contribution in [0.15, 0.2) is 59.8 Å². The van der Waals surface area contributed by atoms with Crippen molar-refractivity contribution in [2.75, 3.05) is 10.0 Å². The van der Waals surface area contributed by atoms with Crippen LogP contribution in [0.25, 0.3) is 0 Å². The second-order valence-electron chi connectivity index (χ2n) is 5.55. The van der Waals surface area contributed by atoms with Gasteiger partial charge in [-0.05, 0) is 37.3 Å². The van der Waals surface area contributed by atoms with Gasteiger partial charge in [-0.3, -0.25) is 14.6 Å². The monoisotopic (exact) mass is 374 g/mol. The van der Waals surface area contributed by atoms with Crippen LogP contribution in [0.3, 0.4) is 0 Å². The largest absolute Gasteiger partial charge is 0.322 e. The minimum atomic E-state index is -4.06. The number of hydrogen-bond donors (Lipinski definition) is 3. The summed E-state index contributed by atoms with van der Waals surface area (Å²) in [7, 11) is -4.06. The van der Waals surface area contributed by atoms with Gasteiger partial charge in [0.2, 0.25) is 0 Å². The maximum Gasteiger partial charge on any atom is 0.279 e. The van der Waals surface area contributed by atoms with E-state index in [1.165, 1.54) is 18.2 Å². The quantitative estimate of drug-likeness (QED) is 0.639. The van der Waals surface area contributed by atoms with Crippen LogP contribution in [0.1, 0.15) is 15.9 Å². The first-order valence-electron chi connectivity index (χ1n) is 7.55. The minimum Gasteiger partial charge on any atom is -0.322 e. The normalized spacial score (nSPS) is 11.2. The van der Waals surface area contributed by atoms with Gasteiger partial charge in [-0.15, -0.1) is 0 Å². The Bertz CT molecular complexity index is 1050. The van der Waals surface area contributed by atoms with Gasteiger partial charge in [0.25, 0.3) is 15.9 Å². The Morgan fingerprint density at radius 1 is 1.12 bits per heavy atom. The lowest BCUT2D eigenvalue weighted by atomic mass is 10.2. The molecule has 134 valence electrons. The van der Waals surface area contributed by atoms with Crippen LogP contribution in [0, 0.1) is 12.7 Å². The molecule has 1 aromatic heterocycles. The van der Waals surface area contributed by atoms with E-state index < -0.39 is 21.7 Å². The van der Waals surface area contributed by atoms with E-state index in [4.69, 9.17) is 0 Å². The second-order valence-corrected chi connectivity index (χ2v) is 7.17. The number of carbonyl (C=O) groups excluding carboxylic acids is 1. The smallest absolute Gasteiger partial charge is 0.279 e. The number of aryl methyl sites for hydroxylation is 1. The number of amides is 1. The van der Waals surface area contributed by atoms with Crippen LogP contribution in [-0.2, 0) is 10.0 Å². The molecule has 0 saturated carbocycles. The number of H-pyrrole nitrogens is 1. The molecule has 2 aromatic carbocycles. The SMILES string of the molecule is Cc1ccc(NS(=O)(=O)c2[nH]ncc2C(=O)Nc2cccc(F)c2)cc1. The fraction of sp³-hybridized carbons (Fsp3) is 0.0588. The highest BCUT2D eigenvalue weighted by Crippen LogP contribution is 2.19. The molecule has 0 unspecified atom stereocenters. The van der Waals surface area contributed by atoms with Crippen molar-refractivity contribution in [3.05, 3.63) is 71.7 Å². The maximum absolute atomic E-state index is 13.2. The van der Waals surface area contributed by atoms with Gasteiger partial charge < -0.3 is 5.32 Å². The van der Waals surface area contributed by atoms with Crippen LogP contribution >= 0.6 is 0 Å². The van der Waals surface area contributed by atoms with E-state index >= 15 is 0 Å².